The normalized spacial score (nSPS) is 11.3. The van der Waals surface area contributed by atoms with Crippen molar-refractivity contribution >= 4 is 10.9 Å². The summed E-state index contributed by atoms with van der Waals surface area (Å²) < 4.78 is 2.15. The minimum atomic E-state index is 0.358. The monoisotopic (exact) mass is 175 g/mol. The number of aromatic hydroxyl groups is 1. The highest BCUT2D eigenvalue weighted by Gasteiger charge is 2.05. The summed E-state index contributed by atoms with van der Waals surface area (Å²) in [6.45, 7) is 4.26. The van der Waals surface area contributed by atoms with Crippen molar-refractivity contribution in [3.63, 3.8) is 0 Å². The molecule has 1 N–H and O–H groups in total. The quantitative estimate of drug-likeness (QED) is 0.708. The molecule has 2 aromatic rings. The van der Waals surface area contributed by atoms with Crippen molar-refractivity contribution in [2.45, 2.75) is 19.9 Å². The largest absolute Gasteiger partial charge is 0.507 e. The summed E-state index contributed by atoms with van der Waals surface area (Å²) in [5, 5.41) is 10.5. The van der Waals surface area contributed by atoms with Gasteiger partial charge in [0, 0.05) is 17.6 Å². The molecule has 0 radical (unpaired) electrons. The van der Waals surface area contributed by atoms with Gasteiger partial charge in [0.25, 0.3) is 0 Å². The van der Waals surface area contributed by atoms with Crippen molar-refractivity contribution in [1.29, 1.82) is 0 Å². The van der Waals surface area contributed by atoms with Crippen LogP contribution in [0.3, 0.4) is 0 Å². The highest BCUT2D eigenvalue weighted by molar-refractivity contribution is 5.86. The SMILES string of the molecule is CC(C)n1ccc2c(O)cccc21. The van der Waals surface area contributed by atoms with Crippen LogP contribution in [0.4, 0.5) is 0 Å². The van der Waals surface area contributed by atoms with Crippen molar-refractivity contribution in [3.8, 4) is 5.75 Å². The van der Waals surface area contributed by atoms with Gasteiger partial charge in [-0.05, 0) is 32.0 Å². The van der Waals surface area contributed by atoms with Crippen LogP contribution >= 0.6 is 0 Å². The lowest BCUT2D eigenvalue weighted by Crippen LogP contribution is -1.97. The molecule has 0 atom stereocenters. The fourth-order valence-electron chi connectivity index (χ4n) is 1.62. The number of benzene rings is 1. The van der Waals surface area contributed by atoms with E-state index in [1.807, 2.05) is 24.4 Å². The van der Waals surface area contributed by atoms with E-state index in [1.54, 1.807) is 6.07 Å². The Kier molecular flexibility index (Phi) is 1.76. The van der Waals surface area contributed by atoms with Crippen LogP contribution in [0, 0.1) is 0 Å². The second kappa shape index (κ2) is 2.80. The number of rotatable bonds is 1. The van der Waals surface area contributed by atoms with Crippen LogP contribution in [0.1, 0.15) is 19.9 Å². The molecule has 0 aliphatic heterocycles. The molecule has 2 rings (SSSR count). The smallest absolute Gasteiger partial charge is 0.124 e. The van der Waals surface area contributed by atoms with E-state index >= 15 is 0 Å². The molecule has 2 heteroatoms. The minimum Gasteiger partial charge on any atom is -0.507 e. The molecule has 0 saturated carbocycles. The van der Waals surface area contributed by atoms with Gasteiger partial charge in [-0.25, -0.2) is 0 Å². The van der Waals surface area contributed by atoms with Crippen molar-refractivity contribution < 1.29 is 5.11 Å². The average molecular weight is 175 g/mol. The number of hydrogen-bond donors (Lipinski definition) is 1. The van der Waals surface area contributed by atoms with E-state index in [0.29, 0.717) is 11.8 Å². The second-order valence-electron chi connectivity index (χ2n) is 3.53. The summed E-state index contributed by atoms with van der Waals surface area (Å²) in [6, 6.07) is 7.99. The van der Waals surface area contributed by atoms with E-state index in [2.05, 4.69) is 18.4 Å². The van der Waals surface area contributed by atoms with Gasteiger partial charge in [-0.1, -0.05) is 6.07 Å². The van der Waals surface area contributed by atoms with Crippen molar-refractivity contribution in [2.75, 3.05) is 0 Å². The van der Waals surface area contributed by atoms with Crippen LogP contribution in [0.5, 0.6) is 5.75 Å². The maximum Gasteiger partial charge on any atom is 0.124 e. The van der Waals surface area contributed by atoms with Gasteiger partial charge in [0.2, 0.25) is 0 Å². The Labute approximate surface area is 77.4 Å². The summed E-state index contributed by atoms with van der Waals surface area (Å²) in [5.74, 6) is 0.358. The topological polar surface area (TPSA) is 25.2 Å². The number of hydrogen-bond acceptors (Lipinski definition) is 1. The summed E-state index contributed by atoms with van der Waals surface area (Å²) >= 11 is 0. The summed E-state index contributed by atoms with van der Waals surface area (Å²) in [6.07, 6.45) is 2.01. The third-order valence-electron chi connectivity index (χ3n) is 2.30. The molecule has 0 aliphatic carbocycles. The first kappa shape index (κ1) is 8.17. The van der Waals surface area contributed by atoms with Crippen LogP contribution in [-0.4, -0.2) is 9.67 Å². The number of phenols is 1. The Morgan fingerprint density at radius 2 is 2.00 bits per heavy atom. The van der Waals surface area contributed by atoms with Crippen LogP contribution in [0.2, 0.25) is 0 Å². The van der Waals surface area contributed by atoms with Gasteiger partial charge >= 0.3 is 0 Å². The highest BCUT2D eigenvalue weighted by atomic mass is 16.3. The Morgan fingerprint density at radius 3 is 2.69 bits per heavy atom. The lowest BCUT2D eigenvalue weighted by atomic mass is 10.2. The first-order chi connectivity index (χ1) is 6.20. The molecule has 0 bridgehead atoms. The van der Waals surface area contributed by atoms with E-state index in [-0.39, 0.29) is 0 Å². The van der Waals surface area contributed by atoms with Crippen molar-refractivity contribution in [3.05, 3.63) is 30.5 Å². The average Bonchev–Trinajstić information content (AvgIpc) is 2.48. The zero-order valence-electron chi connectivity index (χ0n) is 7.86. The maximum absolute atomic E-state index is 9.55. The van der Waals surface area contributed by atoms with Crippen LogP contribution in [0.15, 0.2) is 30.5 Å². The van der Waals surface area contributed by atoms with Gasteiger partial charge in [-0.15, -0.1) is 0 Å². The first-order valence-corrected chi connectivity index (χ1v) is 4.48. The second-order valence-corrected chi connectivity index (χ2v) is 3.53. The highest BCUT2D eigenvalue weighted by Crippen LogP contribution is 2.26. The molecule has 1 aromatic heterocycles. The maximum atomic E-state index is 9.55. The summed E-state index contributed by atoms with van der Waals surface area (Å²) in [7, 11) is 0. The van der Waals surface area contributed by atoms with Gasteiger partial charge < -0.3 is 9.67 Å². The molecular formula is C11H13NO. The van der Waals surface area contributed by atoms with Gasteiger partial charge in [0.15, 0.2) is 0 Å². The van der Waals surface area contributed by atoms with E-state index in [4.69, 9.17) is 0 Å². The molecule has 1 heterocycles. The first-order valence-electron chi connectivity index (χ1n) is 4.48. The molecule has 13 heavy (non-hydrogen) atoms. The van der Waals surface area contributed by atoms with E-state index in [1.165, 1.54) is 0 Å². The molecule has 0 fully saturated rings. The van der Waals surface area contributed by atoms with Crippen molar-refractivity contribution in [2.24, 2.45) is 0 Å². The Hall–Kier alpha value is -1.44. The van der Waals surface area contributed by atoms with E-state index in [0.717, 1.165) is 10.9 Å². The molecule has 0 amide bonds. The predicted octanol–water partition coefficient (Wildman–Crippen LogP) is 2.93. The zero-order valence-corrected chi connectivity index (χ0v) is 7.86. The fourth-order valence-corrected chi connectivity index (χ4v) is 1.62. The molecular weight excluding hydrogens is 162 g/mol. The third-order valence-corrected chi connectivity index (χ3v) is 2.30. The lowest BCUT2D eigenvalue weighted by molar-refractivity contribution is 0.481. The summed E-state index contributed by atoms with van der Waals surface area (Å²) in [4.78, 5) is 0. The zero-order chi connectivity index (χ0) is 9.42. The van der Waals surface area contributed by atoms with E-state index in [9.17, 15) is 5.11 Å². The molecule has 0 saturated heterocycles. The van der Waals surface area contributed by atoms with Crippen LogP contribution in [0.25, 0.3) is 10.9 Å². The third kappa shape index (κ3) is 1.18. The predicted molar refractivity (Wildman–Crippen MR) is 54.0 cm³/mol. The Morgan fingerprint density at radius 1 is 1.23 bits per heavy atom. The number of nitrogens with zero attached hydrogens (tertiary/aromatic N) is 1. The lowest BCUT2D eigenvalue weighted by Gasteiger charge is -2.08. The molecule has 1 aromatic carbocycles. The molecule has 0 unspecified atom stereocenters. The standard InChI is InChI=1S/C11H13NO/c1-8(2)12-7-6-9-10(12)4-3-5-11(9)13/h3-8,13H,1-2H3. The Balaban J connectivity index is 2.75. The van der Waals surface area contributed by atoms with Gasteiger partial charge in [0.1, 0.15) is 5.75 Å². The fraction of sp³-hybridized carbons (Fsp3) is 0.273. The minimum absolute atomic E-state index is 0.358. The number of aromatic nitrogens is 1. The molecule has 0 aliphatic rings. The molecule has 2 nitrogen and oxygen atoms in total. The Bertz CT molecular complexity index is 429. The molecule has 68 valence electrons. The molecule has 0 spiro atoms. The number of phenolic OH excluding ortho intramolecular Hbond substituents is 1. The summed E-state index contributed by atoms with van der Waals surface area (Å²) in [5.41, 5.74) is 1.09. The van der Waals surface area contributed by atoms with Crippen LogP contribution < -0.4 is 0 Å². The van der Waals surface area contributed by atoms with Gasteiger partial charge in [-0.2, -0.15) is 0 Å². The van der Waals surface area contributed by atoms with Gasteiger partial charge in [0.05, 0.1) is 5.52 Å². The number of fused-ring (bicyclic) bond motifs is 1. The van der Waals surface area contributed by atoms with Gasteiger partial charge in [-0.3, -0.25) is 0 Å². The van der Waals surface area contributed by atoms with Crippen LogP contribution in [-0.2, 0) is 0 Å². The van der Waals surface area contributed by atoms with Crippen molar-refractivity contribution in [1.82, 2.24) is 4.57 Å². The van der Waals surface area contributed by atoms with E-state index < -0.39 is 0 Å².